The Kier molecular flexibility index (Phi) is 5.41. The van der Waals surface area contributed by atoms with Crippen LogP contribution >= 0.6 is 11.3 Å². The molecule has 1 aliphatic rings. The van der Waals surface area contributed by atoms with Crippen LogP contribution in [0.15, 0.2) is 146 Å². The molecule has 0 saturated carbocycles. The number of benzene rings is 6. The van der Waals surface area contributed by atoms with E-state index in [1.54, 1.807) is 17.5 Å². The van der Waals surface area contributed by atoms with Crippen LogP contribution in [0.1, 0.15) is 0 Å². The van der Waals surface area contributed by atoms with Gasteiger partial charge in [0, 0.05) is 50.2 Å². The SMILES string of the molecule is c1cncc(-c2nc(-c3cccc(N4c5cc6ccccc6cc5-c5cccc6cccc4c56)c3)nc3c2sc2ccccc23)c1. The average Bonchev–Trinajstić information content (AvgIpc) is 3.50. The highest BCUT2D eigenvalue weighted by Crippen LogP contribution is 2.52. The fourth-order valence-electron chi connectivity index (χ4n) is 6.97. The van der Waals surface area contributed by atoms with E-state index in [0.717, 1.165) is 38.1 Å². The third-order valence-corrected chi connectivity index (χ3v) is 10.2. The fraction of sp³-hybridized carbons (Fsp3) is 0. The zero-order valence-electron chi connectivity index (χ0n) is 24.6. The molecule has 0 spiro atoms. The number of aromatic nitrogens is 3. The van der Waals surface area contributed by atoms with Crippen molar-refractivity contribution in [3.63, 3.8) is 0 Å². The molecule has 0 unspecified atom stereocenters. The van der Waals surface area contributed by atoms with Gasteiger partial charge < -0.3 is 4.90 Å². The van der Waals surface area contributed by atoms with Gasteiger partial charge in [-0.15, -0.1) is 11.3 Å². The molecule has 10 rings (SSSR count). The quantitative estimate of drug-likeness (QED) is 0.201. The maximum Gasteiger partial charge on any atom is 0.160 e. The van der Waals surface area contributed by atoms with Crippen LogP contribution in [-0.2, 0) is 0 Å². The number of anilines is 3. The Hall–Kier alpha value is -5.91. The molecular weight excluding hydrogens is 581 g/mol. The van der Waals surface area contributed by atoms with Crippen LogP contribution in [0.4, 0.5) is 17.1 Å². The molecule has 0 amide bonds. The van der Waals surface area contributed by atoms with E-state index in [2.05, 4.69) is 137 Å². The first kappa shape index (κ1) is 25.4. The van der Waals surface area contributed by atoms with Crippen molar-refractivity contribution >= 4 is 70.2 Å². The van der Waals surface area contributed by atoms with E-state index < -0.39 is 0 Å². The van der Waals surface area contributed by atoms with Gasteiger partial charge in [0.05, 0.1) is 27.3 Å². The zero-order valence-corrected chi connectivity index (χ0v) is 25.4. The first-order valence-electron chi connectivity index (χ1n) is 15.4. The summed E-state index contributed by atoms with van der Waals surface area (Å²) in [5.74, 6) is 0.700. The lowest BCUT2D eigenvalue weighted by molar-refractivity contribution is 1.22. The molecule has 0 fully saturated rings. The van der Waals surface area contributed by atoms with Crippen LogP contribution in [0.2, 0.25) is 0 Å². The molecular formula is C41H24N4S. The molecule has 0 aliphatic carbocycles. The van der Waals surface area contributed by atoms with Gasteiger partial charge in [0.2, 0.25) is 0 Å². The maximum atomic E-state index is 5.23. The van der Waals surface area contributed by atoms with E-state index in [1.807, 2.05) is 12.3 Å². The van der Waals surface area contributed by atoms with Crippen molar-refractivity contribution in [1.29, 1.82) is 0 Å². The standard InChI is InChI=1S/C41H24N4S/c1-2-10-27-23-35-33(22-26(27)9-1)31-17-6-11-25-12-7-18-34(37(25)31)45(35)30-15-5-13-28(21-30)41-43-38(29-14-8-20-42-24-29)40-39(44-41)32-16-3-4-19-36(32)46-40/h1-24H. The summed E-state index contributed by atoms with van der Waals surface area (Å²) in [6.07, 6.45) is 3.69. The molecule has 0 saturated heterocycles. The number of hydrogen-bond donors (Lipinski definition) is 0. The molecule has 46 heavy (non-hydrogen) atoms. The first-order chi connectivity index (χ1) is 22.8. The monoisotopic (exact) mass is 604 g/mol. The number of hydrogen-bond acceptors (Lipinski definition) is 5. The summed E-state index contributed by atoms with van der Waals surface area (Å²) in [6.45, 7) is 0. The summed E-state index contributed by atoms with van der Waals surface area (Å²) in [5.41, 5.74) is 9.74. The summed E-state index contributed by atoms with van der Waals surface area (Å²) in [4.78, 5) is 17.3. The number of fused-ring (bicyclic) bond motifs is 6. The highest BCUT2D eigenvalue weighted by atomic mass is 32.1. The van der Waals surface area contributed by atoms with Crippen LogP contribution in [0.5, 0.6) is 0 Å². The minimum absolute atomic E-state index is 0.700. The van der Waals surface area contributed by atoms with Crippen LogP contribution in [0.3, 0.4) is 0 Å². The predicted octanol–water partition coefficient (Wildman–Crippen LogP) is 11.3. The molecule has 0 N–H and O–H groups in total. The van der Waals surface area contributed by atoms with Crippen molar-refractivity contribution in [3.8, 4) is 33.8 Å². The molecule has 9 aromatic rings. The Morgan fingerprint density at radius 3 is 2.24 bits per heavy atom. The second-order valence-electron chi connectivity index (χ2n) is 11.7. The molecule has 0 atom stereocenters. The Morgan fingerprint density at radius 1 is 0.565 bits per heavy atom. The Bertz CT molecular complexity index is 2650. The smallest absolute Gasteiger partial charge is 0.160 e. The van der Waals surface area contributed by atoms with Crippen LogP contribution in [0.25, 0.3) is 75.6 Å². The van der Waals surface area contributed by atoms with Gasteiger partial charge >= 0.3 is 0 Å². The van der Waals surface area contributed by atoms with E-state index in [0.29, 0.717) is 5.82 Å². The van der Waals surface area contributed by atoms with E-state index in [1.165, 1.54) is 48.7 Å². The van der Waals surface area contributed by atoms with Gasteiger partial charge in [-0.3, -0.25) is 4.98 Å². The number of nitrogens with zero attached hydrogens (tertiary/aromatic N) is 4. The van der Waals surface area contributed by atoms with Crippen LogP contribution in [0, 0.1) is 0 Å². The van der Waals surface area contributed by atoms with Crippen molar-refractivity contribution in [2.45, 2.75) is 0 Å². The molecule has 3 aromatic heterocycles. The van der Waals surface area contributed by atoms with E-state index >= 15 is 0 Å². The molecule has 6 aromatic carbocycles. The van der Waals surface area contributed by atoms with E-state index in [-0.39, 0.29) is 0 Å². The lowest BCUT2D eigenvalue weighted by Gasteiger charge is -2.34. The Labute approximate surface area is 268 Å². The van der Waals surface area contributed by atoms with Crippen LogP contribution < -0.4 is 4.90 Å². The maximum absolute atomic E-state index is 5.23. The third-order valence-electron chi connectivity index (χ3n) is 9.04. The predicted molar refractivity (Wildman–Crippen MR) is 192 cm³/mol. The lowest BCUT2D eigenvalue weighted by atomic mass is 9.89. The van der Waals surface area contributed by atoms with Gasteiger partial charge in [0.25, 0.3) is 0 Å². The van der Waals surface area contributed by atoms with Crippen molar-refractivity contribution in [2.75, 3.05) is 4.90 Å². The average molecular weight is 605 g/mol. The van der Waals surface area contributed by atoms with Gasteiger partial charge in [0.1, 0.15) is 0 Å². The first-order valence-corrected chi connectivity index (χ1v) is 16.2. The van der Waals surface area contributed by atoms with E-state index in [4.69, 9.17) is 9.97 Å². The van der Waals surface area contributed by atoms with E-state index in [9.17, 15) is 0 Å². The number of thiophene rings is 1. The van der Waals surface area contributed by atoms with Gasteiger partial charge in [-0.1, -0.05) is 84.9 Å². The minimum atomic E-state index is 0.700. The van der Waals surface area contributed by atoms with Gasteiger partial charge in [-0.05, 0) is 70.3 Å². The Morgan fingerprint density at radius 2 is 1.35 bits per heavy atom. The molecule has 1 aliphatic heterocycles. The minimum Gasteiger partial charge on any atom is -0.309 e. The van der Waals surface area contributed by atoms with Crippen molar-refractivity contribution in [3.05, 3.63) is 146 Å². The number of rotatable bonds is 3. The summed E-state index contributed by atoms with van der Waals surface area (Å²) in [6, 6.07) is 47.7. The second-order valence-corrected chi connectivity index (χ2v) is 12.7. The molecule has 0 bridgehead atoms. The Balaban J connectivity index is 1.22. The molecule has 214 valence electrons. The summed E-state index contributed by atoms with van der Waals surface area (Å²) in [7, 11) is 0. The topological polar surface area (TPSA) is 41.9 Å². The van der Waals surface area contributed by atoms with Gasteiger partial charge in [-0.2, -0.15) is 0 Å². The molecule has 4 nitrogen and oxygen atoms in total. The normalized spacial score (nSPS) is 12.3. The molecule has 0 radical (unpaired) electrons. The van der Waals surface area contributed by atoms with Crippen molar-refractivity contribution in [2.24, 2.45) is 0 Å². The fourth-order valence-corrected chi connectivity index (χ4v) is 8.13. The highest BCUT2D eigenvalue weighted by Gasteiger charge is 2.27. The molecule has 4 heterocycles. The second kappa shape index (κ2) is 9.80. The van der Waals surface area contributed by atoms with Crippen LogP contribution in [-0.4, -0.2) is 15.0 Å². The summed E-state index contributed by atoms with van der Waals surface area (Å²) >= 11 is 1.74. The van der Waals surface area contributed by atoms with Crippen molar-refractivity contribution < 1.29 is 0 Å². The third kappa shape index (κ3) is 3.76. The lowest BCUT2D eigenvalue weighted by Crippen LogP contribution is -2.15. The largest absolute Gasteiger partial charge is 0.309 e. The summed E-state index contributed by atoms with van der Waals surface area (Å²) in [5, 5.41) is 6.09. The van der Waals surface area contributed by atoms with Gasteiger partial charge in [-0.25, -0.2) is 9.97 Å². The molecule has 5 heteroatoms. The van der Waals surface area contributed by atoms with Gasteiger partial charge in [0.15, 0.2) is 5.82 Å². The van der Waals surface area contributed by atoms with Crippen molar-refractivity contribution in [1.82, 2.24) is 15.0 Å². The number of pyridine rings is 1. The zero-order chi connectivity index (χ0) is 30.2. The summed E-state index contributed by atoms with van der Waals surface area (Å²) < 4.78 is 2.28. The highest BCUT2D eigenvalue weighted by molar-refractivity contribution is 7.26.